The minimum atomic E-state index is -3.47. The maximum atomic E-state index is 13.1. The van der Waals surface area contributed by atoms with Crippen LogP contribution in [0.3, 0.4) is 0 Å². The molecule has 0 N–H and O–H groups in total. The highest BCUT2D eigenvalue weighted by molar-refractivity contribution is 7.89. The maximum absolute atomic E-state index is 13.1. The molecule has 1 heterocycles. The van der Waals surface area contributed by atoms with Gasteiger partial charge in [0.25, 0.3) is 0 Å². The lowest BCUT2D eigenvalue weighted by molar-refractivity contribution is -0.137. The fraction of sp³-hybridized carbons (Fsp3) is 0.696. The van der Waals surface area contributed by atoms with Crippen LogP contribution in [0.4, 0.5) is 0 Å². The molecule has 1 saturated heterocycles. The van der Waals surface area contributed by atoms with Crippen LogP contribution in [-0.2, 0) is 27.7 Å². The molecule has 0 atom stereocenters. The van der Waals surface area contributed by atoms with Gasteiger partial charge >= 0.3 is 0 Å². The Morgan fingerprint density at radius 1 is 0.931 bits per heavy atom. The van der Waals surface area contributed by atoms with Gasteiger partial charge in [0.05, 0.1) is 4.90 Å². The largest absolute Gasteiger partial charge is 0.343 e. The number of aryl methyl sites for hydroxylation is 2. The Morgan fingerprint density at radius 3 is 2.28 bits per heavy atom. The van der Waals surface area contributed by atoms with Gasteiger partial charge in [-0.05, 0) is 68.2 Å². The van der Waals surface area contributed by atoms with E-state index in [4.69, 9.17) is 0 Å². The number of rotatable bonds is 4. The van der Waals surface area contributed by atoms with Crippen molar-refractivity contribution in [2.45, 2.75) is 81.6 Å². The fourth-order valence-electron chi connectivity index (χ4n) is 5.31. The van der Waals surface area contributed by atoms with Crippen molar-refractivity contribution in [3.05, 3.63) is 29.3 Å². The summed E-state index contributed by atoms with van der Waals surface area (Å²) >= 11 is 0. The predicted molar refractivity (Wildman–Crippen MR) is 114 cm³/mol. The Balaban J connectivity index is 1.37. The first-order valence-corrected chi connectivity index (χ1v) is 12.8. The topological polar surface area (TPSA) is 57.7 Å². The van der Waals surface area contributed by atoms with Gasteiger partial charge in [0.1, 0.15) is 0 Å². The van der Waals surface area contributed by atoms with Gasteiger partial charge in [0, 0.05) is 32.1 Å². The van der Waals surface area contributed by atoms with Crippen LogP contribution >= 0.6 is 0 Å². The molecule has 0 radical (unpaired) electrons. The third-order valence-electron chi connectivity index (χ3n) is 7.23. The number of benzene rings is 1. The molecule has 1 aromatic rings. The molecule has 0 spiro atoms. The zero-order valence-electron chi connectivity index (χ0n) is 17.6. The van der Waals surface area contributed by atoms with Crippen LogP contribution in [0.5, 0.6) is 0 Å². The molecule has 3 aliphatic rings. The van der Waals surface area contributed by atoms with Crippen molar-refractivity contribution in [3.63, 3.8) is 0 Å². The van der Waals surface area contributed by atoms with Crippen LogP contribution in [0, 0.1) is 5.92 Å². The summed E-state index contributed by atoms with van der Waals surface area (Å²) in [5, 5.41) is 0. The third-order valence-corrected chi connectivity index (χ3v) is 9.13. The number of sulfonamides is 1. The Labute approximate surface area is 175 Å². The minimum absolute atomic E-state index is 0.0466. The van der Waals surface area contributed by atoms with E-state index in [0.29, 0.717) is 36.9 Å². The second-order valence-electron chi connectivity index (χ2n) is 9.06. The van der Waals surface area contributed by atoms with Gasteiger partial charge in [0.15, 0.2) is 0 Å². The van der Waals surface area contributed by atoms with Crippen LogP contribution in [0.2, 0.25) is 0 Å². The van der Waals surface area contributed by atoms with Crippen molar-refractivity contribution in [1.82, 2.24) is 9.21 Å². The lowest BCUT2D eigenvalue weighted by Crippen LogP contribution is -2.46. The second kappa shape index (κ2) is 8.76. The molecule has 1 aromatic carbocycles. The molecule has 6 heteroatoms. The zero-order chi connectivity index (χ0) is 20.4. The summed E-state index contributed by atoms with van der Waals surface area (Å²) in [4.78, 5) is 15.4. The lowest BCUT2D eigenvalue weighted by atomic mass is 9.95. The monoisotopic (exact) mass is 418 g/mol. The normalized spacial score (nSPS) is 22.2. The van der Waals surface area contributed by atoms with Crippen molar-refractivity contribution in [1.29, 1.82) is 0 Å². The average molecular weight is 419 g/mol. The quantitative estimate of drug-likeness (QED) is 0.700. The number of hydrogen-bond acceptors (Lipinski definition) is 3. The van der Waals surface area contributed by atoms with E-state index in [-0.39, 0.29) is 11.8 Å². The Kier molecular flexibility index (Phi) is 6.30. The lowest BCUT2D eigenvalue weighted by Gasteiger charge is -2.35. The van der Waals surface area contributed by atoms with Gasteiger partial charge in [-0.25, -0.2) is 8.42 Å². The Bertz CT molecular complexity index is 836. The van der Waals surface area contributed by atoms with Crippen molar-refractivity contribution >= 4 is 15.9 Å². The second-order valence-corrected chi connectivity index (χ2v) is 11.0. The molecule has 0 unspecified atom stereocenters. The van der Waals surface area contributed by atoms with Crippen molar-refractivity contribution < 1.29 is 13.2 Å². The van der Waals surface area contributed by atoms with Gasteiger partial charge in [-0.15, -0.1) is 0 Å². The first kappa shape index (κ1) is 20.9. The molecule has 2 fully saturated rings. The highest BCUT2D eigenvalue weighted by Gasteiger charge is 2.35. The van der Waals surface area contributed by atoms with Crippen LogP contribution in [-0.4, -0.2) is 49.7 Å². The first-order chi connectivity index (χ1) is 14.0. The number of nitrogens with zero attached hydrogens (tertiary/aromatic N) is 2. The van der Waals surface area contributed by atoms with E-state index in [1.165, 1.54) is 36.8 Å². The standard InChI is InChI=1S/C23H34N2O3S/c1-24(21-9-4-2-3-5-10-21)23(26)19-13-15-25(16-14-19)29(27,28)22-12-11-18-7-6-8-20(18)17-22/h11-12,17,19,21H,2-10,13-16H2,1H3. The van der Waals surface area contributed by atoms with E-state index < -0.39 is 10.0 Å². The van der Waals surface area contributed by atoms with Crippen molar-refractivity contribution in [2.75, 3.05) is 20.1 Å². The first-order valence-electron chi connectivity index (χ1n) is 11.4. The van der Waals surface area contributed by atoms with Gasteiger partial charge < -0.3 is 4.90 Å². The summed E-state index contributed by atoms with van der Waals surface area (Å²) in [7, 11) is -1.52. The summed E-state index contributed by atoms with van der Waals surface area (Å²) in [5.41, 5.74) is 2.47. The molecular weight excluding hydrogens is 384 g/mol. The van der Waals surface area contributed by atoms with Crippen LogP contribution < -0.4 is 0 Å². The number of hydrogen-bond donors (Lipinski definition) is 0. The summed E-state index contributed by atoms with van der Waals surface area (Å²) in [5.74, 6) is 0.168. The molecule has 1 aliphatic heterocycles. The highest BCUT2D eigenvalue weighted by atomic mass is 32.2. The smallest absolute Gasteiger partial charge is 0.243 e. The maximum Gasteiger partial charge on any atom is 0.243 e. The Morgan fingerprint density at radius 2 is 1.59 bits per heavy atom. The zero-order valence-corrected chi connectivity index (χ0v) is 18.4. The summed E-state index contributed by atoms with van der Waals surface area (Å²) in [6.45, 7) is 0.878. The van der Waals surface area contributed by atoms with E-state index in [2.05, 4.69) is 0 Å². The fourth-order valence-corrected chi connectivity index (χ4v) is 6.83. The minimum Gasteiger partial charge on any atom is -0.343 e. The van der Waals surface area contributed by atoms with Gasteiger partial charge in [0.2, 0.25) is 15.9 Å². The predicted octanol–water partition coefficient (Wildman–Crippen LogP) is 3.76. The van der Waals surface area contributed by atoms with Crippen LogP contribution in [0.15, 0.2) is 23.1 Å². The number of carbonyl (C=O) groups is 1. The van der Waals surface area contributed by atoms with Crippen molar-refractivity contribution in [2.24, 2.45) is 5.92 Å². The van der Waals surface area contributed by atoms with Crippen molar-refractivity contribution in [3.8, 4) is 0 Å². The summed E-state index contributed by atoms with van der Waals surface area (Å²) in [6.07, 6.45) is 11.6. The van der Waals surface area contributed by atoms with Gasteiger partial charge in [-0.1, -0.05) is 31.7 Å². The molecule has 0 aromatic heterocycles. The molecule has 29 heavy (non-hydrogen) atoms. The number of carbonyl (C=O) groups excluding carboxylic acids is 1. The SMILES string of the molecule is CN(C(=O)C1CCN(S(=O)(=O)c2ccc3c(c2)CCC3)CC1)C1CCCCCC1. The Hall–Kier alpha value is -1.40. The van der Waals surface area contributed by atoms with E-state index >= 15 is 0 Å². The molecule has 4 rings (SSSR count). The third kappa shape index (κ3) is 4.38. The highest BCUT2D eigenvalue weighted by Crippen LogP contribution is 2.30. The van der Waals surface area contributed by atoms with Crippen LogP contribution in [0.25, 0.3) is 0 Å². The van der Waals surface area contributed by atoms with Crippen LogP contribution in [0.1, 0.15) is 68.9 Å². The van der Waals surface area contributed by atoms with Gasteiger partial charge in [-0.2, -0.15) is 4.31 Å². The summed E-state index contributed by atoms with van der Waals surface area (Å²) in [6, 6.07) is 5.97. The summed E-state index contributed by atoms with van der Waals surface area (Å²) < 4.78 is 27.8. The average Bonchev–Trinajstić information content (AvgIpc) is 3.05. The van der Waals surface area contributed by atoms with E-state index in [1.807, 2.05) is 24.1 Å². The number of piperidine rings is 1. The number of fused-ring (bicyclic) bond motifs is 1. The molecule has 160 valence electrons. The molecule has 2 aliphatic carbocycles. The van der Waals surface area contributed by atoms with Gasteiger partial charge in [-0.3, -0.25) is 4.79 Å². The number of amides is 1. The molecule has 1 saturated carbocycles. The molecular formula is C23H34N2O3S. The van der Waals surface area contributed by atoms with E-state index in [9.17, 15) is 13.2 Å². The van der Waals surface area contributed by atoms with E-state index in [1.54, 1.807) is 10.4 Å². The molecule has 5 nitrogen and oxygen atoms in total. The molecule has 1 amide bonds. The van der Waals surface area contributed by atoms with E-state index in [0.717, 1.165) is 32.1 Å². The molecule has 0 bridgehead atoms.